The lowest BCUT2D eigenvalue weighted by Gasteiger charge is -2.06. The number of hydrogen-bond acceptors (Lipinski definition) is 3. The van der Waals surface area contributed by atoms with Gasteiger partial charge in [-0.2, -0.15) is 0 Å². The Labute approximate surface area is 176 Å². The Hall–Kier alpha value is -3.90. The van der Waals surface area contributed by atoms with Crippen LogP contribution in [0.15, 0.2) is 73.1 Å². The van der Waals surface area contributed by atoms with Crippen molar-refractivity contribution in [3.63, 3.8) is 0 Å². The van der Waals surface area contributed by atoms with Crippen molar-refractivity contribution in [3.05, 3.63) is 83.6 Å². The van der Waals surface area contributed by atoms with Crippen LogP contribution in [0.3, 0.4) is 0 Å². The molecule has 0 aliphatic rings. The van der Waals surface area contributed by atoms with Gasteiger partial charge in [-0.15, -0.1) is 0 Å². The first-order valence-electron chi connectivity index (χ1n) is 9.23. The Morgan fingerprint density at radius 2 is 1.83 bits per heavy atom. The summed E-state index contributed by atoms with van der Waals surface area (Å²) in [4.78, 5) is 27.3. The van der Waals surface area contributed by atoms with Gasteiger partial charge in [0.25, 0.3) is 0 Å². The van der Waals surface area contributed by atoms with E-state index in [0.29, 0.717) is 17.1 Å². The summed E-state index contributed by atoms with van der Waals surface area (Å²) in [5.41, 5.74) is 4.71. The van der Waals surface area contributed by atoms with Gasteiger partial charge in [-0.25, -0.2) is 14.8 Å². The number of rotatable bonds is 4. The Morgan fingerprint density at radius 1 is 1.00 bits per heavy atom. The van der Waals surface area contributed by atoms with E-state index in [9.17, 15) is 9.90 Å². The third-order valence-electron chi connectivity index (χ3n) is 4.95. The summed E-state index contributed by atoms with van der Waals surface area (Å²) < 4.78 is 0. The average molecular weight is 415 g/mol. The molecule has 0 saturated heterocycles. The minimum atomic E-state index is -1.08. The molecular weight excluding hydrogens is 400 g/mol. The zero-order valence-corrected chi connectivity index (χ0v) is 16.3. The van der Waals surface area contributed by atoms with Gasteiger partial charge in [0, 0.05) is 34.5 Å². The highest BCUT2D eigenvalue weighted by atomic mass is 35.5. The number of fused-ring (bicyclic) bond motifs is 1. The van der Waals surface area contributed by atoms with Crippen LogP contribution in [0.2, 0.25) is 5.02 Å². The molecule has 0 fully saturated rings. The second-order valence-corrected chi connectivity index (χ2v) is 7.18. The molecule has 0 unspecified atom stereocenters. The molecule has 0 aliphatic heterocycles. The van der Waals surface area contributed by atoms with E-state index in [0.717, 1.165) is 27.9 Å². The number of carbonyl (C=O) groups is 1. The second kappa shape index (κ2) is 7.17. The fourth-order valence-electron chi connectivity index (χ4n) is 3.53. The summed E-state index contributed by atoms with van der Waals surface area (Å²) in [5.74, 6) is -0.396. The van der Waals surface area contributed by atoms with Crippen LogP contribution in [0.25, 0.3) is 44.9 Å². The van der Waals surface area contributed by atoms with Gasteiger partial charge >= 0.3 is 5.97 Å². The zero-order chi connectivity index (χ0) is 20.7. The van der Waals surface area contributed by atoms with Gasteiger partial charge in [-0.1, -0.05) is 48.0 Å². The standard InChI is InChI=1S/C23H15ClN4O2/c24-18-7-6-14(12-17(18)23(29)30)19-20(15-8-10-25-22-16(15)9-11-26-22)28-21(27-19)13-4-2-1-3-5-13/h1-12H,(H,25,26)(H,27,28)(H,29,30). The number of aromatic carboxylic acids is 1. The van der Waals surface area contributed by atoms with Crippen LogP contribution < -0.4 is 0 Å². The van der Waals surface area contributed by atoms with E-state index >= 15 is 0 Å². The van der Waals surface area contributed by atoms with Crippen LogP contribution in [-0.2, 0) is 0 Å². The van der Waals surface area contributed by atoms with Crippen LogP contribution in [0.4, 0.5) is 0 Å². The van der Waals surface area contributed by atoms with Crippen molar-refractivity contribution in [2.75, 3.05) is 0 Å². The van der Waals surface area contributed by atoms with Crippen molar-refractivity contribution in [2.24, 2.45) is 0 Å². The summed E-state index contributed by atoms with van der Waals surface area (Å²) in [6, 6.07) is 18.5. The van der Waals surface area contributed by atoms with E-state index in [-0.39, 0.29) is 10.6 Å². The highest BCUT2D eigenvalue weighted by molar-refractivity contribution is 6.33. The van der Waals surface area contributed by atoms with Gasteiger partial charge in [-0.05, 0) is 24.3 Å². The number of carboxylic acids is 1. The van der Waals surface area contributed by atoms with Crippen molar-refractivity contribution in [1.82, 2.24) is 19.9 Å². The number of carboxylic acid groups (broad SMARTS) is 1. The molecule has 0 radical (unpaired) electrons. The minimum absolute atomic E-state index is 0.0332. The quantitative estimate of drug-likeness (QED) is 0.354. The number of aromatic amines is 2. The third-order valence-corrected chi connectivity index (χ3v) is 5.28. The maximum absolute atomic E-state index is 11.6. The number of nitrogens with zero attached hydrogens (tertiary/aromatic N) is 2. The molecule has 3 N–H and O–H groups in total. The Balaban J connectivity index is 1.78. The van der Waals surface area contributed by atoms with Gasteiger partial charge in [-0.3, -0.25) is 0 Å². The monoisotopic (exact) mass is 414 g/mol. The van der Waals surface area contributed by atoms with Crippen molar-refractivity contribution in [2.45, 2.75) is 0 Å². The molecule has 0 spiro atoms. The fourth-order valence-corrected chi connectivity index (χ4v) is 3.72. The molecule has 0 atom stereocenters. The topological polar surface area (TPSA) is 94.7 Å². The van der Waals surface area contributed by atoms with Gasteiger partial charge < -0.3 is 15.1 Å². The van der Waals surface area contributed by atoms with Gasteiger partial charge in [0.1, 0.15) is 11.5 Å². The lowest BCUT2D eigenvalue weighted by Crippen LogP contribution is -1.98. The number of pyridine rings is 1. The van der Waals surface area contributed by atoms with Crippen LogP contribution in [0.5, 0.6) is 0 Å². The number of halogens is 1. The zero-order valence-electron chi connectivity index (χ0n) is 15.6. The number of imidazole rings is 1. The summed E-state index contributed by atoms with van der Waals surface area (Å²) >= 11 is 6.08. The van der Waals surface area contributed by atoms with Crippen LogP contribution in [0, 0.1) is 0 Å². The summed E-state index contributed by atoms with van der Waals surface area (Å²) in [6.07, 6.45) is 3.56. The molecule has 6 nitrogen and oxygen atoms in total. The van der Waals surface area contributed by atoms with Crippen molar-refractivity contribution in [1.29, 1.82) is 0 Å². The van der Waals surface area contributed by atoms with Crippen molar-refractivity contribution in [3.8, 4) is 33.9 Å². The number of benzene rings is 2. The predicted octanol–water partition coefficient (Wildman–Crippen LogP) is 5.64. The SMILES string of the molecule is O=C(O)c1cc(-c2nc(-c3ccccc3)[nH]c2-c2ccnc3[nH]ccc23)ccc1Cl. The number of nitrogens with one attached hydrogen (secondary N) is 2. The summed E-state index contributed by atoms with van der Waals surface area (Å²) in [5, 5.41) is 10.6. The molecule has 5 rings (SSSR count). The largest absolute Gasteiger partial charge is 0.478 e. The van der Waals surface area contributed by atoms with Crippen LogP contribution in [0.1, 0.15) is 10.4 Å². The Kier molecular flexibility index (Phi) is 4.34. The predicted molar refractivity (Wildman–Crippen MR) is 117 cm³/mol. The first kappa shape index (κ1) is 18.1. The molecule has 30 heavy (non-hydrogen) atoms. The number of H-pyrrole nitrogens is 2. The average Bonchev–Trinajstić information content (AvgIpc) is 3.42. The lowest BCUT2D eigenvalue weighted by molar-refractivity contribution is 0.0697. The van der Waals surface area contributed by atoms with E-state index < -0.39 is 5.97 Å². The van der Waals surface area contributed by atoms with E-state index in [1.54, 1.807) is 24.4 Å². The number of hydrogen-bond donors (Lipinski definition) is 3. The van der Waals surface area contributed by atoms with Crippen LogP contribution in [-0.4, -0.2) is 31.0 Å². The molecule has 2 aromatic carbocycles. The Bertz CT molecular complexity index is 1390. The summed E-state index contributed by atoms with van der Waals surface area (Å²) in [6.45, 7) is 0. The molecule has 0 aliphatic carbocycles. The van der Waals surface area contributed by atoms with E-state index in [1.807, 2.05) is 48.7 Å². The van der Waals surface area contributed by atoms with Crippen LogP contribution >= 0.6 is 11.6 Å². The molecule has 3 heterocycles. The molecule has 3 aromatic heterocycles. The molecule has 5 aromatic rings. The first-order chi connectivity index (χ1) is 14.6. The lowest BCUT2D eigenvalue weighted by atomic mass is 10.0. The fraction of sp³-hybridized carbons (Fsp3) is 0. The minimum Gasteiger partial charge on any atom is -0.478 e. The van der Waals surface area contributed by atoms with Gasteiger partial charge in [0.2, 0.25) is 0 Å². The molecule has 0 saturated carbocycles. The van der Waals surface area contributed by atoms with E-state index in [1.165, 1.54) is 0 Å². The maximum Gasteiger partial charge on any atom is 0.337 e. The third kappa shape index (κ3) is 3.03. The van der Waals surface area contributed by atoms with E-state index in [2.05, 4.69) is 15.0 Å². The van der Waals surface area contributed by atoms with Crippen molar-refractivity contribution < 1.29 is 9.90 Å². The Morgan fingerprint density at radius 3 is 2.63 bits per heavy atom. The molecule has 7 heteroatoms. The molecule has 0 bridgehead atoms. The first-order valence-corrected chi connectivity index (χ1v) is 9.61. The normalized spacial score (nSPS) is 11.1. The highest BCUT2D eigenvalue weighted by Crippen LogP contribution is 2.37. The second-order valence-electron chi connectivity index (χ2n) is 6.77. The molecule has 146 valence electrons. The van der Waals surface area contributed by atoms with E-state index in [4.69, 9.17) is 16.6 Å². The smallest absolute Gasteiger partial charge is 0.337 e. The van der Waals surface area contributed by atoms with Crippen molar-refractivity contribution >= 4 is 28.6 Å². The highest BCUT2D eigenvalue weighted by Gasteiger charge is 2.19. The summed E-state index contributed by atoms with van der Waals surface area (Å²) in [7, 11) is 0. The maximum atomic E-state index is 11.6. The van der Waals surface area contributed by atoms with Gasteiger partial charge in [0.15, 0.2) is 0 Å². The molecular formula is C23H15ClN4O2. The number of aromatic nitrogens is 4. The molecule has 0 amide bonds. The van der Waals surface area contributed by atoms with Gasteiger partial charge in [0.05, 0.1) is 22.0 Å².